The van der Waals surface area contributed by atoms with E-state index in [1.165, 1.54) is 17.7 Å². The molecule has 13 heavy (non-hydrogen) atoms. The Labute approximate surface area is 86.8 Å². The molecule has 1 unspecified atom stereocenters. The van der Waals surface area contributed by atoms with Gasteiger partial charge in [-0.15, -0.1) is 0 Å². The molecule has 0 spiro atoms. The Balaban J connectivity index is 0. The van der Waals surface area contributed by atoms with Gasteiger partial charge in [0.05, 0.1) is 0 Å². The first-order chi connectivity index (χ1) is 5.75. The van der Waals surface area contributed by atoms with Gasteiger partial charge in [-0.05, 0) is 0 Å². The van der Waals surface area contributed by atoms with Crippen LogP contribution < -0.4 is 0 Å². The number of hydrogen-bond donors (Lipinski definition) is 2. The number of carboxylic acid groups (broad SMARTS) is 1. The van der Waals surface area contributed by atoms with Gasteiger partial charge in [0, 0.05) is 6.08 Å². The SMILES string of the molecule is C=CC(=O)O.[Li][CH](CC)S(=O)(=O)O. The standard InChI is InChI=1S/C3H7O3S.C3H4O2.Li/c1-2-3-7(4,5)6;1-2-3(4)5;/h3H,2H2,1H3,(H,4,5,6);2H,1H2,(H,4,5);. The molecule has 5 nitrogen and oxygen atoms in total. The van der Waals surface area contributed by atoms with Crippen molar-refractivity contribution in [2.24, 2.45) is 0 Å². The van der Waals surface area contributed by atoms with Crippen molar-refractivity contribution in [3.05, 3.63) is 12.7 Å². The molecule has 0 aliphatic carbocycles. The van der Waals surface area contributed by atoms with Crippen LogP contribution in [0.2, 0.25) is 0 Å². The molecular formula is C6H11LiO5S. The molecule has 0 aromatic heterocycles. The molecule has 0 saturated carbocycles. The Morgan fingerprint density at radius 1 is 1.69 bits per heavy atom. The Kier molecular flexibility index (Phi) is 8.36. The first-order valence-electron chi connectivity index (χ1n) is 3.57. The second-order valence-corrected chi connectivity index (χ2v) is 4.11. The van der Waals surface area contributed by atoms with Gasteiger partial charge in [0.2, 0.25) is 0 Å². The van der Waals surface area contributed by atoms with Gasteiger partial charge in [-0.25, -0.2) is 4.79 Å². The maximum atomic E-state index is 10.1. The summed E-state index contributed by atoms with van der Waals surface area (Å²) in [5, 5.41) is 7.60. The normalized spacial score (nSPS) is 12.3. The van der Waals surface area contributed by atoms with E-state index in [2.05, 4.69) is 6.58 Å². The van der Waals surface area contributed by atoms with Crippen molar-refractivity contribution < 1.29 is 22.9 Å². The van der Waals surface area contributed by atoms with Crippen LogP contribution in [0, 0.1) is 0 Å². The number of hydrogen-bond acceptors (Lipinski definition) is 3. The average molecular weight is 202 g/mol. The molecule has 0 radical (unpaired) electrons. The zero-order valence-electron chi connectivity index (χ0n) is 7.60. The van der Waals surface area contributed by atoms with Crippen LogP contribution >= 0.6 is 0 Å². The Morgan fingerprint density at radius 2 is 2.00 bits per heavy atom. The molecular weight excluding hydrogens is 191 g/mol. The molecule has 0 aromatic carbocycles. The fourth-order valence-electron chi connectivity index (χ4n) is 0.211. The summed E-state index contributed by atoms with van der Waals surface area (Å²) in [6, 6.07) is 0. The minimum atomic E-state index is -3.75. The van der Waals surface area contributed by atoms with E-state index in [-0.39, 0.29) is 0 Å². The monoisotopic (exact) mass is 202 g/mol. The van der Waals surface area contributed by atoms with E-state index in [1.54, 1.807) is 6.92 Å². The number of carboxylic acids is 1. The predicted molar refractivity (Wildman–Crippen MR) is 49.2 cm³/mol. The predicted octanol–water partition coefficient (Wildman–Crippen LogP) is 0.0358. The van der Waals surface area contributed by atoms with E-state index < -0.39 is 20.0 Å². The molecule has 0 amide bonds. The summed E-state index contributed by atoms with van der Waals surface area (Å²) in [4.78, 5) is 9.25. The van der Waals surface area contributed by atoms with E-state index in [0.29, 0.717) is 6.42 Å². The van der Waals surface area contributed by atoms with Crippen LogP contribution in [0.25, 0.3) is 0 Å². The number of rotatable bonds is 3. The summed E-state index contributed by atoms with van der Waals surface area (Å²) >= 11 is 1.47. The quantitative estimate of drug-likeness (QED) is 0.383. The second kappa shape index (κ2) is 7.15. The van der Waals surface area contributed by atoms with E-state index in [9.17, 15) is 13.2 Å². The Morgan fingerprint density at radius 3 is 2.00 bits per heavy atom. The van der Waals surface area contributed by atoms with Crippen LogP contribution in [0.4, 0.5) is 0 Å². The van der Waals surface area contributed by atoms with E-state index >= 15 is 0 Å². The molecule has 0 bridgehead atoms. The van der Waals surface area contributed by atoms with Crippen molar-refractivity contribution in [2.45, 2.75) is 17.3 Å². The number of aliphatic carboxylic acids is 1. The molecule has 0 heterocycles. The molecule has 0 aliphatic rings. The van der Waals surface area contributed by atoms with Gasteiger partial charge < -0.3 is 5.11 Å². The summed E-state index contributed by atoms with van der Waals surface area (Å²) < 4.78 is 27.9. The van der Waals surface area contributed by atoms with Crippen LogP contribution in [0.1, 0.15) is 13.3 Å². The van der Waals surface area contributed by atoms with Gasteiger partial charge in [0.15, 0.2) is 0 Å². The third-order valence-corrected chi connectivity index (χ3v) is 2.61. The molecule has 1 atom stereocenters. The Bertz CT molecular complexity index is 258. The average Bonchev–Trinajstić information content (AvgIpc) is 2.02. The summed E-state index contributed by atoms with van der Waals surface area (Å²) in [6.07, 6.45) is 1.29. The van der Waals surface area contributed by atoms with E-state index in [4.69, 9.17) is 9.66 Å². The first kappa shape index (κ1) is 15.2. The van der Waals surface area contributed by atoms with Gasteiger partial charge >= 0.3 is 64.0 Å². The summed E-state index contributed by atoms with van der Waals surface area (Å²) in [6.45, 7) is 4.67. The van der Waals surface area contributed by atoms with Crippen LogP contribution in [0.15, 0.2) is 12.7 Å². The zero-order chi connectivity index (χ0) is 11.1. The van der Waals surface area contributed by atoms with Crippen LogP contribution in [-0.2, 0) is 14.9 Å². The van der Waals surface area contributed by atoms with Crippen molar-refractivity contribution in [1.29, 1.82) is 0 Å². The summed E-state index contributed by atoms with van der Waals surface area (Å²) in [7, 11) is -3.75. The van der Waals surface area contributed by atoms with Crippen LogP contribution in [0.3, 0.4) is 0 Å². The van der Waals surface area contributed by atoms with E-state index in [0.717, 1.165) is 6.08 Å². The third-order valence-electron chi connectivity index (χ3n) is 1.26. The molecule has 0 aromatic rings. The van der Waals surface area contributed by atoms with Gasteiger partial charge in [0.1, 0.15) is 0 Å². The van der Waals surface area contributed by atoms with Crippen LogP contribution in [0.5, 0.6) is 0 Å². The van der Waals surface area contributed by atoms with Crippen molar-refractivity contribution in [2.75, 3.05) is 0 Å². The molecule has 0 rings (SSSR count). The zero-order valence-corrected chi connectivity index (χ0v) is 8.41. The first-order valence-corrected chi connectivity index (χ1v) is 5.07. The maximum absolute atomic E-state index is 10.1. The molecule has 2 N–H and O–H groups in total. The number of carbonyl (C=O) groups is 1. The molecule has 0 fully saturated rings. The summed E-state index contributed by atoms with van der Waals surface area (Å²) in [5.74, 6) is -0.981. The second-order valence-electron chi connectivity index (χ2n) is 2.28. The minimum absolute atomic E-state index is 0.457. The molecule has 7 heteroatoms. The summed E-state index contributed by atoms with van der Waals surface area (Å²) in [5.41, 5.74) is 0. The van der Waals surface area contributed by atoms with Crippen LogP contribution in [-0.4, -0.2) is 45.7 Å². The van der Waals surface area contributed by atoms with Crippen molar-refractivity contribution in [1.82, 2.24) is 0 Å². The fourth-order valence-corrected chi connectivity index (χ4v) is 0.632. The van der Waals surface area contributed by atoms with Gasteiger partial charge in [-0.1, -0.05) is 6.58 Å². The van der Waals surface area contributed by atoms with Gasteiger partial charge in [-0.3, -0.25) is 0 Å². The van der Waals surface area contributed by atoms with E-state index in [1.807, 2.05) is 0 Å². The van der Waals surface area contributed by atoms with Crippen molar-refractivity contribution in [3.8, 4) is 0 Å². The molecule has 72 valence electrons. The Hall–Kier alpha value is -0.283. The topological polar surface area (TPSA) is 91.7 Å². The molecule has 0 aliphatic heterocycles. The van der Waals surface area contributed by atoms with Crippen molar-refractivity contribution >= 4 is 33.8 Å². The molecule has 0 saturated heterocycles. The fraction of sp³-hybridized carbons (Fsp3) is 0.500. The third kappa shape index (κ3) is 11.7. The van der Waals surface area contributed by atoms with Crippen molar-refractivity contribution in [3.63, 3.8) is 0 Å². The van der Waals surface area contributed by atoms with Gasteiger partial charge in [0.25, 0.3) is 0 Å². The van der Waals surface area contributed by atoms with Gasteiger partial charge in [-0.2, -0.15) is 0 Å².